The minimum Gasteiger partial charge on any atom is -0.0801 e. The first-order chi connectivity index (χ1) is 6.45. The van der Waals surface area contributed by atoms with Gasteiger partial charge in [0.15, 0.2) is 0 Å². The lowest BCUT2D eigenvalue weighted by molar-refractivity contribution is 1.28. The Morgan fingerprint density at radius 3 is 2.54 bits per heavy atom. The molecule has 1 aliphatic rings. The van der Waals surface area contributed by atoms with E-state index in [-0.39, 0.29) is 0 Å². The maximum absolute atomic E-state index is 2.22. The van der Waals surface area contributed by atoms with Crippen LogP contribution in [0.25, 0.3) is 6.08 Å². The maximum atomic E-state index is 2.22. The van der Waals surface area contributed by atoms with Crippen LogP contribution in [0.4, 0.5) is 0 Å². The largest absolute Gasteiger partial charge is 0.0801 e. The van der Waals surface area contributed by atoms with Crippen molar-refractivity contribution >= 4 is 6.08 Å². The zero-order valence-electron chi connectivity index (χ0n) is 7.48. The van der Waals surface area contributed by atoms with Crippen LogP contribution in [0.1, 0.15) is 12.0 Å². The van der Waals surface area contributed by atoms with Crippen LogP contribution in [0.15, 0.2) is 60.2 Å². The fourth-order valence-corrected chi connectivity index (χ4v) is 1.40. The summed E-state index contributed by atoms with van der Waals surface area (Å²) in [6.07, 6.45) is 11.8. The molecule has 0 N–H and O–H groups in total. The zero-order chi connectivity index (χ0) is 8.93. The van der Waals surface area contributed by atoms with E-state index in [1.807, 2.05) is 6.07 Å². The van der Waals surface area contributed by atoms with Crippen molar-refractivity contribution in [2.75, 3.05) is 0 Å². The number of hydrogen-bond donors (Lipinski definition) is 0. The Morgan fingerprint density at radius 2 is 1.85 bits per heavy atom. The number of benzene rings is 1. The highest BCUT2D eigenvalue weighted by atomic mass is 14.0. The highest BCUT2D eigenvalue weighted by Crippen LogP contribution is 2.14. The Balaban J connectivity index is 2.21. The Labute approximate surface area is 78.9 Å². The molecule has 0 amide bonds. The molecule has 0 saturated carbocycles. The molecule has 1 aromatic rings. The van der Waals surface area contributed by atoms with Crippen molar-refractivity contribution in [2.45, 2.75) is 6.42 Å². The van der Waals surface area contributed by atoms with E-state index in [4.69, 9.17) is 0 Å². The lowest BCUT2D eigenvalue weighted by Crippen LogP contribution is -1.80. The highest BCUT2D eigenvalue weighted by molar-refractivity contribution is 5.57. The first-order valence-electron chi connectivity index (χ1n) is 4.54. The molecule has 0 aromatic heterocycles. The van der Waals surface area contributed by atoms with Crippen molar-refractivity contribution in [3.63, 3.8) is 0 Å². The van der Waals surface area contributed by atoms with E-state index in [0.717, 1.165) is 6.42 Å². The van der Waals surface area contributed by atoms with Crippen LogP contribution >= 0.6 is 0 Å². The van der Waals surface area contributed by atoms with Crippen molar-refractivity contribution in [3.05, 3.63) is 65.8 Å². The summed E-state index contributed by atoms with van der Waals surface area (Å²) in [7, 11) is 0. The van der Waals surface area contributed by atoms with Gasteiger partial charge in [0.25, 0.3) is 0 Å². The third-order valence-electron chi connectivity index (χ3n) is 2.06. The molecule has 0 saturated heterocycles. The Morgan fingerprint density at radius 1 is 1.00 bits per heavy atom. The summed E-state index contributed by atoms with van der Waals surface area (Å²) < 4.78 is 0. The van der Waals surface area contributed by atoms with Crippen LogP contribution in [-0.4, -0.2) is 0 Å². The van der Waals surface area contributed by atoms with Crippen LogP contribution in [0.2, 0.25) is 0 Å². The van der Waals surface area contributed by atoms with Crippen molar-refractivity contribution in [2.24, 2.45) is 0 Å². The highest BCUT2D eigenvalue weighted by Gasteiger charge is 1.93. The van der Waals surface area contributed by atoms with Gasteiger partial charge in [-0.25, -0.2) is 0 Å². The SMILES string of the molecule is C1=CC/C(=C/c2ccccc2)C=C1. The van der Waals surface area contributed by atoms with Gasteiger partial charge in [-0.15, -0.1) is 0 Å². The van der Waals surface area contributed by atoms with E-state index in [1.54, 1.807) is 0 Å². The molecule has 0 nitrogen and oxygen atoms in total. The van der Waals surface area contributed by atoms with E-state index in [0.29, 0.717) is 0 Å². The fourth-order valence-electron chi connectivity index (χ4n) is 1.40. The lowest BCUT2D eigenvalue weighted by atomic mass is 10.0. The van der Waals surface area contributed by atoms with E-state index in [9.17, 15) is 0 Å². The van der Waals surface area contributed by atoms with Gasteiger partial charge in [-0.1, -0.05) is 60.7 Å². The normalized spacial score (nSPS) is 18.0. The quantitative estimate of drug-likeness (QED) is 0.601. The molecule has 1 aromatic carbocycles. The summed E-state index contributed by atoms with van der Waals surface area (Å²) >= 11 is 0. The summed E-state index contributed by atoms with van der Waals surface area (Å²) in [5, 5.41) is 0. The van der Waals surface area contributed by atoms with Crippen molar-refractivity contribution in [3.8, 4) is 0 Å². The molecule has 0 spiro atoms. The first kappa shape index (κ1) is 8.06. The van der Waals surface area contributed by atoms with Gasteiger partial charge in [-0.05, 0) is 17.6 Å². The molecule has 0 unspecified atom stereocenters. The maximum Gasteiger partial charge on any atom is -0.00941 e. The van der Waals surface area contributed by atoms with Gasteiger partial charge in [0, 0.05) is 0 Å². The first-order valence-corrected chi connectivity index (χ1v) is 4.54. The summed E-state index contributed by atoms with van der Waals surface area (Å²) in [6, 6.07) is 10.4. The molecule has 0 bridgehead atoms. The average molecular weight is 168 g/mol. The van der Waals surface area contributed by atoms with Crippen LogP contribution in [-0.2, 0) is 0 Å². The zero-order valence-corrected chi connectivity index (χ0v) is 7.48. The standard InChI is InChI=1S/C13H12/c1-3-7-12(8-4-1)11-13-9-5-2-6-10-13/h1-9,11H,10H2/b13-11+. The third kappa shape index (κ3) is 2.19. The smallest absolute Gasteiger partial charge is 0.00941 e. The number of allylic oxidation sites excluding steroid dienone is 5. The molecule has 0 aliphatic heterocycles. The Kier molecular flexibility index (Phi) is 2.42. The van der Waals surface area contributed by atoms with Crippen molar-refractivity contribution in [1.29, 1.82) is 0 Å². The molecule has 0 fully saturated rings. The summed E-state index contributed by atoms with van der Waals surface area (Å²) in [5.74, 6) is 0. The van der Waals surface area contributed by atoms with Crippen LogP contribution in [0, 0.1) is 0 Å². The van der Waals surface area contributed by atoms with Crippen LogP contribution in [0.3, 0.4) is 0 Å². The van der Waals surface area contributed by atoms with E-state index < -0.39 is 0 Å². The predicted octanol–water partition coefficient (Wildman–Crippen LogP) is 3.59. The second-order valence-corrected chi connectivity index (χ2v) is 3.12. The third-order valence-corrected chi connectivity index (χ3v) is 2.06. The van der Waals surface area contributed by atoms with E-state index in [1.165, 1.54) is 11.1 Å². The molecule has 1 aliphatic carbocycles. The van der Waals surface area contributed by atoms with E-state index >= 15 is 0 Å². The van der Waals surface area contributed by atoms with Crippen LogP contribution in [0.5, 0.6) is 0 Å². The van der Waals surface area contributed by atoms with Gasteiger partial charge in [0.05, 0.1) is 0 Å². The second kappa shape index (κ2) is 3.90. The molecule has 64 valence electrons. The molecule has 0 heterocycles. The molecular formula is C13H12. The van der Waals surface area contributed by atoms with Gasteiger partial charge < -0.3 is 0 Å². The fraction of sp³-hybridized carbons (Fsp3) is 0.0769. The topological polar surface area (TPSA) is 0 Å². The molecular weight excluding hydrogens is 156 g/mol. The van der Waals surface area contributed by atoms with Gasteiger partial charge >= 0.3 is 0 Å². The monoisotopic (exact) mass is 168 g/mol. The van der Waals surface area contributed by atoms with Gasteiger partial charge in [-0.2, -0.15) is 0 Å². The van der Waals surface area contributed by atoms with E-state index in [2.05, 4.69) is 54.6 Å². The molecule has 0 heteroatoms. The molecule has 0 atom stereocenters. The lowest BCUT2D eigenvalue weighted by Gasteiger charge is -2.01. The van der Waals surface area contributed by atoms with Gasteiger partial charge in [-0.3, -0.25) is 0 Å². The summed E-state index contributed by atoms with van der Waals surface area (Å²) in [6.45, 7) is 0. The minimum absolute atomic E-state index is 1.05. The molecule has 13 heavy (non-hydrogen) atoms. The van der Waals surface area contributed by atoms with Gasteiger partial charge in [0.1, 0.15) is 0 Å². The average Bonchev–Trinajstić information content (AvgIpc) is 2.21. The van der Waals surface area contributed by atoms with Crippen molar-refractivity contribution in [1.82, 2.24) is 0 Å². The Bertz CT molecular complexity index is 353. The van der Waals surface area contributed by atoms with Crippen LogP contribution < -0.4 is 0 Å². The number of hydrogen-bond acceptors (Lipinski definition) is 0. The van der Waals surface area contributed by atoms with Gasteiger partial charge in [0.2, 0.25) is 0 Å². The number of rotatable bonds is 1. The minimum atomic E-state index is 1.05. The predicted molar refractivity (Wildman–Crippen MR) is 57.3 cm³/mol. The van der Waals surface area contributed by atoms with Crippen molar-refractivity contribution < 1.29 is 0 Å². The summed E-state index contributed by atoms with van der Waals surface area (Å²) in [4.78, 5) is 0. The molecule has 2 rings (SSSR count). The molecule has 0 radical (unpaired) electrons. The Hall–Kier alpha value is -1.56. The summed E-state index contributed by atoms with van der Waals surface area (Å²) in [5.41, 5.74) is 2.64. The second-order valence-electron chi connectivity index (χ2n) is 3.12.